The minimum atomic E-state index is -0.937. The maximum Gasteiger partial charge on any atom is 0.374 e. The summed E-state index contributed by atoms with van der Waals surface area (Å²) in [5, 5.41) is 0.542. The van der Waals surface area contributed by atoms with Gasteiger partial charge in [-0.1, -0.05) is 35.9 Å². The van der Waals surface area contributed by atoms with Crippen molar-refractivity contribution < 1.29 is 27.9 Å². The number of benzene rings is 2. The van der Waals surface area contributed by atoms with E-state index in [9.17, 15) is 14.0 Å². The van der Waals surface area contributed by atoms with Gasteiger partial charge in [0.05, 0.1) is 17.2 Å². The zero-order chi connectivity index (χ0) is 18.7. The summed E-state index contributed by atoms with van der Waals surface area (Å²) in [6, 6.07) is 10.8. The second-order valence-corrected chi connectivity index (χ2v) is 5.71. The van der Waals surface area contributed by atoms with Gasteiger partial charge in [0.15, 0.2) is 0 Å². The molecule has 0 aliphatic rings. The van der Waals surface area contributed by atoms with E-state index >= 15 is 0 Å². The Balaban J connectivity index is 1.92. The zero-order valence-corrected chi connectivity index (χ0v) is 14.5. The first-order chi connectivity index (χ1) is 12.5. The highest BCUT2D eigenvalue weighted by atomic mass is 35.5. The fourth-order valence-electron chi connectivity index (χ4n) is 2.51. The summed E-state index contributed by atoms with van der Waals surface area (Å²) in [6.07, 6.45) is 0. The molecule has 2 aromatic carbocycles. The Morgan fingerprint density at radius 1 is 1.08 bits per heavy atom. The SMILES string of the molecule is CCOC(=O)c1oc2ccccc2c1COC(=O)c1c(F)cccc1Cl. The second-order valence-electron chi connectivity index (χ2n) is 5.30. The van der Waals surface area contributed by atoms with E-state index in [0.717, 1.165) is 6.07 Å². The lowest BCUT2D eigenvalue weighted by Gasteiger charge is -2.07. The molecule has 0 saturated carbocycles. The number of hydrogen-bond acceptors (Lipinski definition) is 5. The maximum atomic E-state index is 13.8. The second kappa shape index (κ2) is 7.58. The number of hydrogen-bond donors (Lipinski definition) is 0. The molecule has 0 saturated heterocycles. The van der Waals surface area contributed by atoms with Crippen LogP contribution in [-0.2, 0) is 16.1 Å². The van der Waals surface area contributed by atoms with Crippen molar-refractivity contribution >= 4 is 34.5 Å². The van der Waals surface area contributed by atoms with Gasteiger partial charge in [0, 0.05) is 5.39 Å². The molecule has 0 radical (unpaired) electrons. The number of esters is 2. The number of furan rings is 1. The molecule has 3 aromatic rings. The predicted octanol–water partition coefficient (Wildman–Crippen LogP) is 4.76. The van der Waals surface area contributed by atoms with Crippen LogP contribution in [0.4, 0.5) is 4.39 Å². The molecule has 5 nitrogen and oxygen atoms in total. The van der Waals surface area contributed by atoms with Gasteiger partial charge in [-0.3, -0.25) is 0 Å². The fraction of sp³-hybridized carbons (Fsp3) is 0.158. The molecule has 0 atom stereocenters. The van der Waals surface area contributed by atoms with Crippen molar-refractivity contribution in [2.45, 2.75) is 13.5 Å². The highest BCUT2D eigenvalue weighted by molar-refractivity contribution is 6.33. The number of halogens is 2. The minimum Gasteiger partial charge on any atom is -0.460 e. The summed E-state index contributed by atoms with van der Waals surface area (Å²) in [7, 11) is 0. The smallest absolute Gasteiger partial charge is 0.374 e. The summed E-state index contributed by atoms with van der Waals surface area (Å²) in [6.45, 7) is 1.54. The molecular weight excluding hydrogens is 363 g/mol. The standard InChI is InChI=1S/C19H14ClFO5/c1-2-24-19(23)17-12(11-6-3-4-9-15(11)26-17)10-25-18(22)16-13(20)7-5-8-14(16)21/h3-9H,2,10H2,1H3. The van der Waals surface area contributed by atoms with Gasteiger partial charge in [-0.05, 0) is 25.1 Å². The molecule has 7 heteroatoms. The molecule has 0 spiro atoms. The van der Waals surface area contributed by atoms with E-state index in [1.165, 1.54) is 12.1 Å². The lowest BCUT2D eigenvalue weighted by atomic mass is 10.1. The van der Waals surface area contributed by atoms with E-state index in [1.54, 1.807) is 31.2 Å². The molecule has 134 valence electrons. The van der Waals surface area contributed by atoms with Crippen LogP contribution >= 0.6 is 11.6 Å². The molecule has 0 bridgehead atoms. The van der Waals surface area contributed by atoms with Crippen molar-refractivity contribution in [1.29, 1.82) is 0 Å². The lowest BCUT2D eigenvalue weighted by molar-refractivity contribution is 0.0432. The molecule has 0 aliphatic heterocycles. The molecule has 3 rings (SSSR count). The van der Waals surface area contributed by atoms with Gasteiger partial charge in [0.25, 0.3) is 0 Å². The Labute approximate surface area is 153 Å². The Morgan fingerprint density at radius 3 is 2.58 bits per heavy atom. The zero-order valence-electron chi connectivity index (χ0n) is 13.8. The van der Waals surface area contributed by atoms with Crippen molar-refractivity contribution in [2.75, 3.05) is 6.61 Å². The summed E-state index contributed by atoms with van der Waals surface area (Å²) in [5.74, 6) is -2.45. The average Bonchev–Trinajstić information content (AvgIpc) is 2.99. The molecule has 26 heavy (non-hydrogen) atoms. The van der Waals surface area contributed by atoms with E-state index < -0.39 is 17.8 Å². The number of para-hydroxylation sites is 1. The molecule has 0 amide bonds. The number of fused-ring (bicyclic) bond motifs is 1. The third-order valence-corrected chi connectivity index (χ3v) is 3.99. The van der Waals surface area contributed by atoms with Gasteiger partial charge in [-0.2, -0.15) is 0 Å². The van der Waals surface area contributed by atoms with Crippen LogP contribution in [0.25, 0.3) is 11.0 Å². The van der Waals surface area contributed by atoms with Crippen LogP contribution < -0.4 is 0 Å². The molecule has 0 aliphatic carbocycles. The normalized spacial score (nSPS) is 10.7. The van der Waals surface area contributed by atoms with Crippen LogP contribution in [-0.4, -0.2) is 18.5 Å². The first-order valence-corrected chi connectivity index (χ1v) is 8.19. The maximum absolute atomic E-state index is 13.8. The lowest BCUT2D eigenvalue weighted by Crippen LogP contribution is -2.11. The van der Waals surface area contributed by atoms with Gasteiger partial charge in [0.2, 0.25) is 5.76 Å². The molecule has 0 unspecified atom stereocenters. The molecule has 1 heterocycles. The number of carbonyl (C=O) groups excluding carboxylic acids is 2. The van der Waals surface area contributed by atoms with Crippen molar-refractivity contribution in [2.24, 2.45) is 0 Å². The van der Waals surface area contributed by atoms with E-state index in [2.05, 4.69) is 0 Å². The van der Waals surface area contributed by atoms with Gasteiger partial charge in [-0.15, -0.1) is 0 Å². The van der Waals surface area contributed by atoms with Gasteiger partial charge >= 0.3 is 11.9 Å². The summed E-state index contributed by atoms with van der Waals surface area (Å²) < 4.78 is 29.5. The first-order valence-electron chi connectivity index (χ1n) is 7.81. The number of rotatable bonds is 5. The number of carbonyl (C=O) groups is 2. The van der Waals surface area contributed by atoms with Gasteiger partial charge in [-0.25, -0.2) is 14.0 Å². The van der Waals surface area contributed by atoms with E-state index in [4.69, 9.17) is 25.5 Å². The average molecular weight is 377 g/mol. The Hall–Kier alpha value is -2.86. The van der Waals surface area contributed by atoms with Gasteiger partial charge < -0.3 is 13.9 Å². The topological polar surface area (TPSA) is 65.7 Å². The van der Waals surface area contributed by atoms with Crippen LogP contribution in [0, 0.1) is 5.82 Å². The van der Waals surface area contributed by atoms with Crippen molar-refractivity contribution in [3.63, 3.8) is 0 Å². The van der Waals surface area contributed by atoms with Crippen LogP contribution in [0.15, 0.2) is 46.9 Å². The van der Waals surface area contributed by atoms with E-state index in [0.29, 0.717) is 16.5 Å². The quantitative estimate of drug-likeness (QED) is 0.601. The first kappa shape index (κ1) is 17.9. The van der Waals surface area contributed by atoms with Gasteiger partial charge in [0.1, 0.15) is 23.6 Å². The summed E-state index contributed by atoms with van der Waals surface area (Å²) in [4.78, 5) is 24.4. The summed E-state index contributed by atoms with van der Waals surface area (Å²) in [5.41, 5.74) is 0.435. The van der Waals surface area contributed by atoms with Crippen molar-refractivity contribution in [3.8, 4) is 0 Å². The van der Waals surface area contributed by atoms with Crippen LogP contribution in [0.2, 0.25) is 5.02 Å². The predicted molar refractivity (Wildman–Crippen MR) is 92.7 cm³/mol. The Morgan fingerprint density at radius 2 is 1.85 bits per heavy atom. The molecule has 0 fully saturated rings. The van der Waals surface area contributed by atoms with E-state index in [1.807, 2.05) is 0 Å². The highest BCUT2D eigenvalue weighted by Gasteiger charge is 2.24. The van der Waals surface area contributed by atoms with Crippen molar-refractivity contribution in [3.05, 3.63) is 70.2 Å². The highest BCUT2D eigenvalue weighted by Crippen LogP contribution is 2.28. The van der Waals surface area contributed by atoms with Crippen LogP contribution in [0.5, 0.6) is 0 Å². The largest absolute Gasteiger partial charge is 0.460 e. The third-order valence-electron chi connectivity index (χ3n) is 3.67. The Bertz CT molecular complexity index is 959. The Kier molecular flexibility index (Phi) is 5.23. The molecule has 1 aromatic heterocycles. The minimum absolute atomic E-state index is 0.0551. The fourth-order valence-corrected chi connectivity index (χ4v) is 2.75. The monoisotopic (exact) mass is 376 g/mol. The molecular formula is C19H14ClFO5. The van der Waals surface area contributed by atoms with Crippen molar-refractivity contribution in [1.82, 2.24) is 0 Å². The number of ether oxygens (including phenoxy) is 2. The molecule has 0 N–H and O–H groups in total. The summed E-state index contributed by atoms with van der Waals surface area (Å²) >= 11 is 5.87. The third kappa shape index (κ3) is 3.41. The van der Waals surface area contributed by atoms with Crippen LogP contribution in [0.1, 0.15) is 33.4 Å². The van der Waals surface area contributed by atoms with E-state index in [-0.39, 0.29) is 29.6 Å². The van der Waals surface area contributed by atoms with Crippen LogP contribution in [0.3, 0.4) is 0 Å².